The number of amides is 1. The summed E-state index contributed by atoms with van der Waals surface area (Å²) >= 11 is 0. The van der Waals surface area contributed by atoms with Crippen LogP contribution in [0.15, 0.2) is 42.7 Å². The van der Waals surface area contributed by atoms with Gasteiger partial charge >= 0.3 is 12.1 Å². The van der Waals surface area contributed by atoms with E-state index in [0.29, 0.717) is 0 Å². The Morgan fingerprint density at radius 2 is 1.83 bits per heavy atom. The van der Waals surface area contributed by atoms with Gasteiger partial charge in [-0.2, -0.15) is 0 Å². The fourth-order valence-electron chi connectivity index (χ4n) is 0.813. The first-order valence-corrected chi connectivity index (χ1v) is 5.24. The highest BCUT2D eigenvalue weighted by Gasteiger charge is 1.94. The minimum absolute atomic E-state index is 0.575. The van der Waals surface area contributed by atoms with E-state index >= 15 is 0 Å². The van der Waals surface area contributed by atoms with Crippen molar-refractivity contribution in [3.05, 3.63) is 48.2 Å². The van der Waals surface area contributed by atoms with Crippen molar-refractivity contribution < 1.29 is 19.1 Å². The zero-order chi connectivity index (χ0) is 13.8. The summed E-state index contributed by atoms with van der Waals surface area (Å²) in [7, 11) is 2.64. The number of carbonyl (C=O) groups excluding carboxylic acids is 2. The molecule has 1 aromatic rings. The largest absolute Gasteiger partial charge is 0.466 e. The van der Waals surface area contributed by atoms with Gasteiger partial charge in [0.1, 0.15) is 6.26 Å². The number of nitrogens with one attached hydrogen (secondary N) is 1. The first-order chi connectivity index (χ1) is 8.60. The molecule has 5 heteroatoms. The molecule has 0 aliphatic carbocycles. The summed E-state index contributed by atoms with van der Waals surface area (Å²) in [5.41, 5.74) is 1.32. The lowest BCUT2D eigenvalue weighted by atomic mass is 10.2. The molecule has 0 heterocycles. The number of methoxy groups -OCH3 is 1. The van der Waals surface area contributed by atoms with E-state index in [1.807, 2.05) is 18.2 Å². The Balaban J connectivity index is 0.000000351. The molecule has 5 nitrogen and oxygen atoms in total. The van der Waals surface area contributed by atoms with Crippen molar-refractivity contribution in [2.24, 2.45) is 0 Å². The summed E-state index contributed by atoms with van der Waals surface area (Å²) < 4.78 is 8.56. The van der Waals surface area contributed by atoms with Crippen LogP contribution >= 0.6 is 0 Å². The van der Waals surface area contributed by atoms with Crippen LogP contribution in [0, 0.1) is 6.92 Å². The summed E-state index contributed by atoms with van der Waals surface area (Å²) in [5, 5.41) is 2.19. The standard InChI is InChI=1S/C7H8.C6H9NO4/c1-7-5-3-2-4-6-7;1-7-6(9)11-4-3-5(8)10-2/h2-6H,1H3;3-4H,1-2H3,(H,7,9). The van der Waals surface area contributed by atoms with E-state index in [1.54, 1.807) is 0 Å². The molecule has 0 saturated heterocycles. The second kappa shape index (κ2) is 9.89. The number of rotatable bonds is 2. The van der Waals surface area contributed by atoms with Gasteiger partial charge in [-0.1, -0.05) is 35.9 Å². The maximum Gasteiger partial charge on any atom is 0.411 e. The summed E-state index contributed by atoms with van der Waals surface area (Å²) in [6, 6.07) is 10.3. The van der Waals surface area contributed by atoms with Crippen molar-refractivity contribution >= 4 is 12.1 Å². The van der Waals surface area contributed by atoms with E-state index in [-0.39, 0.29) is 0 Å². The van der Waals surface area contributed by atoms with Crippen LogP contribution in [0.2, 0.25) is 0 Å². The number of hydrogen-bond donors (Lipinski definition) is 1. The summed E-state index contributed by atoms with van der Waals surface area (Å²) in [4.78, 5) is 20.7. The van der Waals surface area contributed by atoms with Crippen molar-refractivity contribution in [2.75, 3.05) is 14.2 Å². The molecule has 98 valence electrons. The topological polar surface area (TPSA) is 64.6 Å². The van der Waals surface area contributed by atoms with Gasteiger partial charge in [0.05, 0.1) is 13.2 Å². The van der Waals surface area contributed by atoms with Crippen molar-refractivity contribution in [3.8, 4) is 0 Å². The number of benzene rings is 1. The van der Waals surface area contributed by atoms with Gasteiger partial charge in [-0.05, 0) is 6.92 Å². The Hall–Kier alpha value is -2.30. The second-order valence-electron chi connectivity index (χ2n) is 3.14. The molecule has 18 heavy (non-hydrogen) atoms. The van der Waals surface area contributed by atoms with Crippen LogP contribution in [0.25, 0.3) is 0 Å². The molecule has 1 rings (SSSR count). The van der Waals surface area contributed by atoms with Crippen LogP contribution in [-0.4, -0.2) is 26.2 Å². The number of alkyl carbamates (subject to hydrolysis) is 1. The molecule has 0 aliphatic rings. The third kappa shape index (κ3) is 8.96. The molecule has 1 aromatic carbocycles. The van der Waals surface area contributed by atoms with Gasteiger partial charge < -0.3 is 14.8 Å². The van der Waals surface area contributed by atoms with Gasteiger partial charge in [0.15, 0.2) is 0 Å². The van der Waals surface area contributed by atoms with E-state index < -0.39 is 12.1 Å². The third-order valence-corrected chi connectivity index (χ3v) is 1.72. The van der Waals surface area contributed by atoms with Crippen molar-refractivity contribution in [2.45, 2.75) is 6.92 Å². The van der Waals surface area contributed by atoms with Gasteiger partial charge in [-0.3, -0.25) is 0 Å². The van der Waals surface area contributed by atoms with E-state index in [0.717, 1.165) is 12.3 Å². The smallest absolute Gasteiger partial charge is 0.411 e. The number of hydrogen-bond acceptors (Lipinski definition) is 4. The average Bonchev–Trinajstić information content (AvgIpc) is 2.39. The van der Waals surface area contributed by atoms with Crippen LogP contribution in [0.3, 0.4) is 0 Å². The van der Waals surface area contributed by atoms with Crippen LogP contribution in [0.1, 0.15) is 5.56 Å². The SMILES string of the molecule is CNC(=O)OC=CC(=O)OC.Cc1ccccc1. The average molecular weight is 251 g/mol. The van der Waals surface area contributed by atoms with E-state index in [9.17, 15) is 9.59 Å². The van der Waals surface area contributed by atoms with Gasteiger partial charge in [-0.25, -0.2) is 9.59 Å². The molecule has 1 amide bonds. The van der Waals surface area contributed by atoms with E-state index in [1.165, 1.54) is 19.7 Å². The van der Waals surface area contributed by atoms with Gasteiger partial charge in [0.25, 0.3) is 0 Å². The molecule has 0 saturated carbocycles. The predicted molar refractivity (Wildman–Crippen MR) is 67.9 cm³/mol. The molecule has 0 atom stereocenters. The monoisotopic (exact) mass is 251 g/mol. The first-order valence-electron chi connectivity index (χ1n) is 5.24. The highest BCUT2D eigenvalue weighted by Crippen LogP contribution is 1.92. The highest BCUT2D eigenvalue weighted by molar-refractivity contribution is 5.81. The zero-order valence-electron chi connectivity index (χ0n) is 10.7. The fraction of sp³-hybridized carbons (Fsp3) is 0.231. The molecule has 0 fully saturated rings. The summed E-state index contributed by atoms with van der Waals surface area (Å²) in [5.74, 6) is -0.575. The Bertz CT molecular complexity index is 387. The van der Waals surface area contributed by atoms with Crippen molar-refractivity contribution in [3.63, 3.8) is 0 Å². The molecular weight excluding hydrogens is 234 g/mol. The van der Waals surface area contributed by atoms with Gasteiger partial charge in [0.2, 0.25) is 0 Å². The van der Waals surface area contributed by atoms with Crippen LogP contribution in [0.5, 0.6) is 0 Å². The number of ether oxygens (including phenoxy) is 2. The lowest BCUT2D eigenvalue weighted by Crippen LogP contribution is -2.16. The molecule has 0 aromatic heterocycles. The van der Waals surface area contributed by atoms with Crippen LogP contribution in [0.4, 0.5) is 4.79 Å². The Labute approximate surface area is 106 Å². The lowest BCUT2D eigenvalue weighted by Gasteiger charge is -1.94. The quantitative estimate of drug-likeness (QED) is 0.496. The Morgan fingerprint density at radius 1 is 1.22 bits per heavy atom. The third-order valence-electron chi connectivity index (χ3n) is 1.72. The van der Waals surface area contributed by atoms with Gasteiger partial charge in [-0.15, -0.1) is 0 Å². The van der Waals surface area contributed by atoms with E-state index in [2.05, 4.69) is 33.8 Å². The summed E-state index contributed by atoms with van der Waals surface area (Å²) in [6.45, 7) is 2.08. The van der Waals surface area contributed by atoms with Crippen LogP contribution < -0.4 is 5.32 Å². The molecular formula is C13H17NO4. The Morgan fingerprint density at radius 3 is 2.22 bits per heavy atom. The minimum atomic E-state index is -0.634. The molecule has 0 bridgehead atoms. The Kier molecular flexibility index (Phi) is 8.63. The highest BCUT2D eigenvalue weighted by atomic mass is 16.5. The number of aryl methyl sites for hydroxylation is 1. The van der Waals surface area contributed by atoms with Crippen LogP contribution in [-0.2, 0) is 14.3 Å². The second-order valence-corrected chi connectivity index (χ2v) is 3.14. The van der Waals surface area contributed by atoms with E-state index in [4.69, 9.17) is 0 Å². The maximum absolute atomic E-state index is 10.4. The normalized spacial score (nSPS) is 9.06. The molecule has 0 aliphatic heterocycles. The number of carbonyl (C=O) groups is 2. The number of esters is 1. The van der Waals surface area contributed by atoms with Gasteiger partial charge in [0, 0.05) is 7.05 Å². The molecule has 1 N–H and O–H groups in total. The van der Waals surface area contributed by atoms with Crippen molar-refractivity contribution in [1.82, 2.24) is 5.32 Å². The minimum Gasteiger partial charge on any atom is -0.466 e. The predicted octanol–water partition coefficient (Wildman–Crippen LogP) is 2.02. The maximum atomic E-state index is 10.4. The zero-order valence-corrected chi connectivity index (χ0v) is 10.7. The van der Waals surface area contributed by atoms with Crippen molar-refractivity contribution in [1.29, 1.82) is 0 Å². The summed E-state index contributed by atoms with van der Waals surface area (Å²) in [6.07, 6.45) is 1.31. The molecule has 0 radical (unpaired) electrons. The molecule has 0 spiro atoms. The fourth-order valence-corrected chi connectivity index (χ4v) is 0.813. The molecule has 0 unspecified atom stereocenters. The first kappa shape index (κ1) is 15.7. The lowest BCUT2D eigenvalue weighted by molar-refractivity contribution is -0.134.